The number of hydrogen-bond acceptors (Lipinski definition) is 6. The Balaban J connectivity index is 0.000000213. The first-order chi connectivity index (χ1) is 39.4. The van der Waals surface area contributed by atoms with Gasteiger partial charge in [0, 0.05) is 85.8 Å². The van der Waals surface area contributed by atoms with E-state index in [2.05, 4.69) is 240 Å². The highest BCUT2D eigenvalue weighted by Gasteiger charge is 2.46. The highest BCUT2D eigenvalue weighted by molar-refractivity contribution is 8.14. The maximum atomic E-state index is 13.2. The molecule has 6 aromatic carbocycles. The molecule has 10 rings (SSSR count). The van der Waals surface area contributed by atoms with Crippen molar-refractivity contribution in [1.29, 1.82) is 0 Å². The van der Waals surface area contributed by atoms with E-state index in [9.17, 15) is 9.59 Å². The number of thioether (sulfide) groups is 2. The van der Waals surface area contributed by atoms with Crippen LogP contribution >= 0.6 is 23.5 Å². The van der Waals surface area contributed by atoms with Crippen LogP contribution in [0.15, 0.2) is 276 Å². The molecule has 4 aliphatic heterocycles. The van der Waals surface area contributed by atoms with Crippen molar-refractivity contribution < 1.29 is 18.7 Å². The number of rotatable bonds is 15. The van der Waals surface area contributed by atoms with Crippen molar-refractivity contribution in [3.8, 4) is 0 Å². The molecule has 0 radical (unpaired) electrons. The predicted octanol–water partition coefficient (Wildman–Crippen LogP) is 17.3. The number of allylic oxidation sites excluding steroid dienone is 18. The molecule has 4 heterocycles. The topological polar surface area (TPSA) is 46.6 Å². The highest BCUT2D eigenvalue weighted by Crippen LogP contribution is 2.49. The van der Waals surface area contributed by atoms with Gasteiger partial charge in [-0.3, -0.25) is 9.59 Å². The van der Waals surface area contributed by atoms with Crippen LogP contribution in [0.25, 0.3) is 0 Å². The van der Waals surface area contributed by atoms with Gasteiger partial charge in [-0.05, 0) is 99.1 Å². The molecule has 0 N–H and O–H groups in total. The lowest BCUT2D eigenvalue weighted by Gasteiger charge is -2.26. The Kier molecular flexibility index (Phi) is 18.2. The van der Waals surface area contributed by atoms with Crippen molar-refractivity contribution in [3.05, 3.63) is 289 Å². The lowest BCUT2D eigenvalue weighted by atomic mass is 9.81. The van der Waals surface area contributed by atoms with Gasteiger partial charge in [-0.2, -0.15) is 9.15 Å². The Morgan fingerprint density at radius 3 is 1.39 bits per heavy atom. The fourth-order valence-electron chi connectivity index (χ4n) is 11.9. The molecule has 414 valence electrons. The van der Waals surface area contributed by atoms with Crippen LogP contribution < -0.4 is 9.80 Å². The molecule has 0 atom stereocenters. The van der Waals surface area contributed by atoms with Crippen molar-refractivity contribution in [2.45, 2.75) is 86.8 Å². The van der Waals surface area contributed by atoms with Gasteiger partial charge in [0.15, 0.2) is 11.4 Å². The Hall–Kier alpha value is -8.04. The van der Waals surface area contributed by atoms with Gasteiger partial charge in [0.25, 0.3) is 5.12 Å². The lowest BCUT2D eigenvalue weighted by Crippen LogP contribution is -2.29. The predicted molar refractivity (Wildman–Crippen MR) is 349 cm³/mol. The number of likely N-dealkylation sites (N-methyl/N-ethyl adjacent to an activating group) is 1. The molecule has 8 heteroatoms. The minimum Gasteiger partial charge on any atom is -0.347 e. The molecule has 4 aliphatic rings. The van der Waals surface area contributed by atoms with Gasteiger partial charge in [0.2, 0.25) is 23.0 Å². The van der Waals surface area contributed by atoms with Crippen LogP contribution in [0.4, 0.5) is 22.7 Å². The van der Waals surface area contributed by atoms with E-state index in [-0.39, 0.29) is 45.0 Å². The van der Waals surface area contributed by atoms with Gasteiger partial charge < -0.3 is 9.80 Å². The third-order valence-corrected chi connectivity index (χ3v) is 17.9. The van der Waals surface area contributed by atoms with Crippen LogP contribution in [-0.4, -0.2) is 58.0 Å². The second-order valence-corrected chi connectivity index (χ2v) is 25.2. The summed E-state index contributed by atoms with van der Waals surface area (Å²) in [4.78, 5) is 32.8. The molecule has 0 amide bonds. The molecule has 0 aliphatic carbocycles. The number of carbonyl (C=O) groups is 2. The van der Waals surface area contributed by atoms with E-state index >= 15 is 0 Å². The molecular weight excluding hydrogens is 1040 g/mol. The van der Waals surface area contributed by atoms with Crippen LogP contribution in [0.2, 0.25) is 0 Å². The SMILES string of the molecule is CC1(C)C(/C=C/C=C/C=C/C=C2/N(CC(=O)Sc3ccccc3)c3ccccc3C2(C)C)=[N+](CC(=O)Sc2ccccc2)c2ccccc21.CN1/C(=C/C=C/C=C/C=C/C=C/C2=[N+](C)c3ccccc3C2(C)C)C(C)(C)c2ccccc21. The van der Waals surface area contributed by atoms with Crippen molar-refractivity contribution in [1.82, 2.24) is 0 Å². The minimum absolute atomic E-state index is 0.0165. The average Bonchev–Trinajstić information content (AvgIpc) is 3.11. The van der Waals surface area contributed by atoms with Crippen molar-refractivity contribution in [3.63, 3.8) is 0 Å². The lowest BCUT2D eigenvalue weighted by molar-refractivity contribution is -0.423. The number of carbonyl (C=O) groups excluding carboxylic acids is 2. The van der Waals surface area contributed by atoms with Gasteiger partial charge >= 0.3 is 0 Å². The zero-order valence-corrected chi connectivity index (χ0v) is 50.7. The number of anilines is 2. The Morgan fingerprint density at radius 1 is 0.427 bits per heavy atom. The van der Waals surface area contributed by atoms with Gasteiger partial charge in [0.05, 0.1) is 17.4 Å². The van der Waals surface area contributed by atoms with Crippen molar-refractivity contribution in [2.24, 2.45) is 0 Å². The van der Waals surface area contributed by atoms with Gasteiger partial charge in [-0.15, -0.1) is 0 Å². The summed E-state index contributed by atoms with van der Waals surface area (Å²) < 4.78 is 4.45. The summed E-state index contributed by atoms with van der Waals surface area (Å²) >= 11 is 2.57. The van der Waals surface area contributed by atoms with E-state index in [0.717, 1.165) is 32.6 Å². The fourth-order valence-corrected chi connectivity index (χ4v) is 13.4. The standard InChI is InChI=1S/C43H41N2O2S2.C31H35N2/c1-42(2)34-24-16-18-26-36(34)44(30-40(46)48-32-20-10-8-11-21-32)38(42)28-14-6-5-7-15-29-39-43(3,4)35-25-17-19-27-37(35)45(39)31-41(47)49-33-22-12-9-13-23-33;1-30(2)24-18-14-16-20-26(24)32(5)28(30)22-12-10-8-7-9-11-13-23-29-31(3,4)25-19-15-17-21-27(25)33(29)6/h5-29H,30-31H2,1-4H3;7-23H,1-6H3/q2*+1. The van der Waals surface area contributed by atoms with E-state index in [4.69, 9.17) is 0 Å². The van der Waals surface area contributed by atoms with E-state index < -0.39 is 0 Å². The molecule has 0 unspecified atom stereocenters. The largest absolute Gasteiger partial charge is 0.347 e. The number of para-hydroxylation sites is 4. The summed E-state index contributed by atoms with van der Waals surface area (Å²) in [5.41, 5.74) is 14.3. The highest BCUT2D eigenvalue weighted by atomic mass is 32.2. The summed E-state index contributed by atoms with van der Waals surface area (Å²) in [6, 6.07) is 53.7. The molecule has 6 aromatic rings. The van der Waals surface area contributed by atoms with Crippen molar-refractivity contribution in [2.75, 3.05) is 37.0 Å². The second kappa shape index (κ2) is 25.4. The molecule has 0 bridgehead atoms. The Labute approximate surface area is 496 Å². The Morgan fingerprint density at radius 2 is 0.829 bits per heavy atom. The molecule has 0 saturated heterocycles. The molecule has 0 fully saturated rings. The minimum atomic E-state index is -0.248. The van der Waals surface area contributed by atoms with E-state index in [1.807, 2.05) is 103 Å². The molecule has 0 spiro atoms. The summed E-state index contributed by atoms with van der Waals surface area (Å²) in [7, 11) is 4.30. The number of benzene rings is 6. The van der Waals surface area contributed by atoms with Crippen LogP contribution in [-0.2, 0) is 31.2 Å². The number of hydrogen-bond donors (Lipinski definition) is 0. The van der Waals surface area contributed by atoms with Crippen LogP contribution in [0, 0.1) is 0 Å². The zero-order valence-electron chi connectivity index (χ0n) is 49.1. The first-order valence-electron chi connectivity index (χ1n) is 28.2. The zero-order chi connectivity index (χ0) is 58.1. The van der Waals surface area contributed by atoms with Crippen LogP contribution in [0.5, 0.6) is 0 Å². The summed E-state index contributed by atoms with van der Waals surface area (Å²) in [5, 5.41) is 0.199. The van der Waals surface area contributed by atoms with E-state index in [1.165, 1.54) is 68.6 Å². The normalized spacial score (nSPS) is 18.4. The summed E-state index contributed by atoms with van der Waals surface area (Å²) in [5.74, 6) is 0. The van der Waals surface area contributed by atoms with Crippen LogP contribution in [0.1, 0.15) is 77.6 Å². The molecule has 82 heavy (non-hydrogen) atoms. The smallest absolute Gasteiger partial charge is 0.258 e. The third-order valence-electron chi connectivity index (χ3n) is 16.1. The monoisotopic (exact) mass is 1120 g/mol. The second-order valence-electron chi connectivity index (χ2n) is 23.0. The summed E-state index contributed by atoms with van der Waals surface area (Å²) in [6.45, 7) is 18.6. The molecule has 0 saturated carbocycles. The number of fused-ring (bicyclic) bond motifs is 4. The van der Waals surface area contributed by atoms with Crippen LogP contribution in [0.3, 0.4) is 0 Å². The number of nitrogens with zero attached hydrogens (tertiary/aromatic N) is 4. The molecular formula is C74H76N4O2S2+2. The Bertz CT molecular complexity index is 3710. The molecule has 6 nitrogen and oxygen atoms in total. The van der Waals surface area contributed by atoms with Crippen molar-refractivity contribution >= 4 is 67.9 Å². The first kappa shape index (κ1) is 58.6. The maximum Gasteiger partial charge on any atom is 0.258 e. The first-order valence-corrected chi connectivity index (χ1v) is 29.8. The van der Waals surface area contributed by atoms with E-state index in [0.29, 0.717) is 0 Å². The summed E-state index contributed by atoms with van der Waals surface area (Å²) in [6.07, 6.45) is 33.5. The fraction of sp³-hybridized carbons (Fsp3) is 0.216. The third kappa shape index (κ3) is 12.5. The maximum absolute atomic E-state index is 13.2. The van der Waals surface area contributed by atoms with Gasteiger partial charge in [0.1, 0.15) is 7.05 Å². The molecule has 0 aromatic heterocycles. The van der Waals surface area contributed by atoms with E-state index in [1.54, 1.807) is 0 Å². The van der Waals surface area contributed by atoms with Gasteiger partial charge in [-0.25, -0.2) is 0 Å². The van der Waals surface area contributed by atoms with Gasteiger partial charge in [-0.1, -0.05) is 222 Å². The quantitative estimate of drug-likeness (QED) is 0.0580. The average molecular weight is 1120 g/mol.